The van der Waals surface area contributed by atoms with Gasteiger partial charge in [0, 0.05) is 13.1 Å². The standard InChI is InChI=1S/C14H18ClN3O2/c1-2-11-14(20)18(8-7-16-11)9-13(19)17-12-6-4-3-5-10(12)15/h3-6,11,16H,2,7-9H2,1H3,(H,17,19). The Kier molecular flexibility index (Phi) is 4.98. The number of piperazine rings is 1. The van der Waals surface area contributed by atoms with Crippen molar-refractivity contribution in [1.29, 1.82) is 0 Å². The number of nitrogens with zero attached hydrogens (tertiary/aromatic N) is 1. The van der Waals surface area contributed by atoms with E-state index in [2.05, 4.69) is 10.6 Å². The van der Waals surface area contributed by atoms with Crippen LogP contribution < -0.4 is 10.6 Å². The lowest BCUT2D eigenvalue weighted by atomic mass is 10.1. The Morgan fingerprint density at radius 2 is 2.25 bits per heavy atom. The van der Waals surface area contributed by atoms with Crippen molar-refractivity contribution in [2.45, 2.75) is 19.4 Å². The van der Waals surface area contributed by atoms with Crippen LogP contribution in [0.3, 0.4) is 0 Å². The number of halogens is 1. The van der Waals surface area contributed by atoms with E-state index in [4.69, 9.17) is 11.6 Å². The van der Waals surface area contributed by atoms with Crippen LogP contribution in [-0.4, -0.2) is 42.4 Å². The first kappa shape index (κ1) is 14.8. The summed E-state index contributed by atoms with van der Waals surface area (Å²) in [4.78, 5) is 25.6. The molecule has 0 aliphatic carbocycles. The molecule has 1 aromatic carbocycles. The number of carbonyl (C=O) groups is 2. The fourth-order valence-electron chi connectivity index (χ4n) is 2.19. The van der Waals surface area contributed by atoms with Crippen molar-refractivity contribution in [2.75, 3.05) is 25.0 Å². The highest BCUT2D eigenvalue weighted by Gasteiger charge is 2.28. The van der Waals surface area contributed by atoms with Crippen LogP contribution in [0.25, 0.3) is 0 Å². The molecule has 2 N–H and O–H groups in total. The summed E-state index contributed by atoms with van der Waals surface area (Å²) < 4.78 is 0. The highest BCUT2D eigenvalue weighted by molar-refractivity contribution is 6.33. The van der Waals surface area contributed by atoms with E-state index >= 15 is 0 Å². The third kappa shape index (κ3) is 3.49. The van der Waals surface area contributed by atoms with Crippen molar-refractivity contribution in [1.82, 2.24) is 10.2 Å². The lowest BCUT2D eigenvalue weighted by molar-refractivity contribution is -0.138. The summed E-state index contributed by atoms with van der Waals surface area (Å²) in [6.07, 6.45) is 0.724. The summed E-state index contributed by atoms with van der Waals surface area (Å²) in [6, 6.07) is 6.85. The van der Waals surface area contributed by atoms with Crippen LogP contribution in [-0.2, 0) is 9.59 Å². The first-order chi connectivity index (χ1) is 9.61. The van der Waals surface area contributed by atoms with Crippen LogP contribution in [0.1, 0.15) is 13.3 Å². The van der Waals surface area contributed by atoms with Crippen molar-refractivity contribution < 1.29 is 9.59 Å². The maximum absolute atomic E-state index is 12.1. The number of amides is 2. The van der Waals surface area contributed by atoms with E-state index in [9.17, 15) is 9.59 Å². The Balaban J connectivity index is 1.94. The molecule has 0 bridgehead atoms. The summed E-state index contributed by atoms with van der Waals surface area (Å²) in [5.74, 6) is -0.253. The van der Waals surface area contributed by atoms with E-state index in [-0.39, 0.29) is 24.4 Å². The molecule has 5 nitrogen and oxygen atoms in total. The van der Waals surface area contributed by atoms with E-state index < -0.39 is 0 Å². The number of hydrogen-bond donors (Lipinski definition) is 2. The van der Waals surface area contributed by atoms with Crippen molar-refractivity contribution in [3.63, 3.8) is 0 Å². The second kappa shape index (κ2) is 6.72. The van der Waals surface area contributed by atoms with E-state index in [1.165, 1.54) is 0 Å². The zero-order valence-electron chi connectivity index (χ0n) is 11.4. The lowest BCUT2D eigenvalue weighted by Crippen LogP contribution is -2.56. The van der Waals surface area contributed by atoms with Crippen LogP contribution >= 0.6 is 11.6 Å². The largest absolute Gasteiger partial charge is 0.331 e. The quantitative estimate of drug-likeness (QED) is 0.885. The fraction of sp³-hybridized carbons (Fsp3) is 0.429. The Morgan fingerprint density at radius 1 is 1.50 bits per heavy atom. The molecule has 6 heteroatoms. The topological polar surface area (TPSA) is 61.4 Å². The number of nitrogens with one attached hydrogen (secondary N) is 2. The molecule has 0 radical (unpaired) electrons. The molecule has 1 aliphatic rings. The van der Waals surface area contributed by atoms with Gasteiger partial charge in [0.1, 0.15) is 0 Å². The molecule has 2 rings (SSSR count). The Hall–Kier alpha value is -1.59. The van der Waals surface area contributed by atoms with Crippen molar-refractivity contribution >= 4 is 29.1 Å². The number of hydrogen-bond acceptors (Lipinski definition) is 3. The molecular weight excluding hydrogens is 278 g/mol. The van der Waals surface area contributed by atoms with Gasteiger partial charge in [0.15, 0.2) is 0 Å². The summed E-state index contributed by atoms with van der Waals surface area (Å²) in [5, 5.41) is 6.35. The fourth-order valence-corrected chi connectivity index (χ4v) is 2.38. The first-order valence-corrected chi connectivity index (χ1v) is 7.06. The van der Waals surface area contributed by atoms with Gasteiger partial charge in [0.2, 0.25) is 11.8 Å². The van der Waals surface area contributed by atoms with E-state index in [0.717, 1.165) is 6.42 Å². The molecule has 1 aliphatic heterocycles. The van der Waals surface area contributed by atoms with E-state index in [0.29, 0.717) is 23.8 Å². The molecule has 1 atom stereocenters. The van der Waals surface area contributed by atoms with Crippen LogP contribution in [0.15, 0.2) is 24.3 Å². The zero-order chi connectivity index (χ0) is 14.5. The van der Waals surface area contributed by atoms with Crippen molar-refractivity contribution in [3.8, 4) is 0 Å². The van der Waals surface area contributed by atoms with Gasteiger partial charge in [-0.2, -0.15) is 0 Å². The van der Waals surface area contributed by atoms with Crippen LogP contribution in [0.2, 0.25) is 5.02 Å². The molecular formula is C14H18ClN3O2. The molecule has 108 valence electrons. The SMILES string of the molecule is CCC1NCCN(CC(=O)Nc2ccccc2Cl)C1=O. The predicted molar refractivity (Wildman–Crippen MR) is 78.7 cm³/mol. The molecule has 2 amide bonds. The molecule has 1 aromatic rings. The van der Waals surface area contributed by atoms with Crippen LogP contribution in [0, 0.1) is 0 Å². The van der Waals surface area contributed by atoms with Gasteiger partial charge in [-0.15, -0.1) is 0 Å². The maximum Gasteiger partial charge on any atom is 0.244 e. The van der Waals surface area contributed by atoms with Crippen LogP contribution in [0.5, 0.6) is 0 Å². The molecule has 1 heterocycles. The summed E-state index contributed by atoms with van der Waals surface area (Å²) >= 11 is 5.98. The van der Waals surface area contributed by atoms with Gasteiger partial charge in [-0.25, -0.2) is 0 Å². The second-order valence-electron chi connectivity index (χ2n) is 4.70. The minimum absolute atomic E-state index is 0.0203. The summed E-state index contributed by atoms with van der Waals surface area (Å²) in [5.41, 5.74) is 0.564. The Bertz CT molecular complexity index is 507. The van der Waals surface area contributed by atoms with Gasteiger partial charge in [-0.3, -0.25) is 9.59 Å². The minimum atomic E-state index is -0.233. The molecule has 0 spiro atoms. The van der Waals surface area contributed by atoms with Gasteiger partial charge in [0.05, 0.1) is 23.3 Å². The number of benzene rings is 1. The van der Waals surface area contributed by atoms with Crippen LogP contribution in [0.4, 0.5) is 5.69 Å². The summed E-state index contributed by atoms with van der Waals surface area (Å²) in [6.45, 7) is 3.26. The molecule has 0 aromatic heterocycles. The molecule has 20 heavy (non-hydrogen) atoms. The van der Waals surface area contributed by atoms with Gasteiger partial charge >= 0.3 is 0 Å². The van der Waals surface area contributed by atoms with Gasteiger partial charge in [-0.05, 0) is 18.6 Å². The average Bonchev–Trinajstić information content (AvgIpc) is 2.44. The third-order valence-corrected chi connectivity index (χ3v) is 3.60. The highest BCUT2D eigenvalue weighted by Crippen LogP contribution is 2.20. The van der Waals surface area contributed by atoms with Gasteiger partial charge < -0.3 is 15.5 Å². The minimum Gasteiger partial charge on any atom is -0.331 e. The van der Waals surface area contributed by atoms with Crippen molar-refractivity contribution in [2.24, 2.45) is 0 Å². The maximum atomic E-state index is 12.1. The zero-order valence-corrected chi connectivity index (χ0v) is 12.1. The van der Waals surface area contributed by atoms with Crippen molar-refractivity contribution in [3.05, 3.63) is 29.3 Å². The number of rotatable bonds is 4. The highest BCUT2D eigenvalue weighted by atomic mass is 35.5. The normalized spacial score (nSPS) is 19.0. The number of para-hydroxylation sites is 1. The first-order valence-electron chi connectivity index (χ1n) is 6.68. The summed E-state index contributed by atoms with van der Waals surface area (Å²) in [7, 11) is 0. The number of carbonyl (C=O) groups excluding carboxylic acids is 2. The monoisotopic (exact) mass is 295 g/mol. The third-order valence-electron chi connectivity index (χ3n) is 3.27. The molecule has 0 saturated carbocycles. The van der Waals surface area contributed by atoms with Gasteiger partial charge in [-0.1, -0.05) is 30.7 Å². The number of anilines is 1. The van der Waals surface area contributed by atoms with Gasteiger partial charge in [0.25, 0.3) is 0 Å². The second-order valence-corrected chi connectivity index (χ2v) is 5.11. The van der Waals surface area contributed by atoms with E-state index in [1.807, 2.05) is 6.92 Å². The smallest absolute Gasteiger partial charge is 0.244 e. The predicted octanol–water partition coefficient (Wildman–Crippen LogP) is 1.49. The Morgan fingerprint density at radius 3 is 2.95 bits per heavy atom. The van der Waals surface area contributed by atoms with E-state index in [1.54, 1.807) is 29.2 Å². The Labute approximate surface area is 123 Å². The molecule has 1 saturated heterocycles. The average molecular weight is 296 g/mol. The lowest BCUT2D eigenvalue weighted by Gasteiger charge is -2.32. The molecule has 1 fully saturated rings. The molecule has 1 unspecified atom stereocenters.